The lowest BCUT2D eigenvalue weighted by molar-refractivity contribution is 0.171. The normalized spacial score (nSPS) is 19.4. The molecule has 0 spiro atoms. The zero-order valence-corrected chi connectivity index (χ0v) is 17.8. The van der Waals surface area contributed by atoms with Crippen LogP contribution in [0.5, 0.6) is 11.5 Å². The zero-order chi connectivity index (χ0) is 21.4. The van der Waals surface area contributed by atoms with Crippen molar-refractivity contribution in [1.29, 1.82) is 0 Å². The van der Waals surface area contributed by atoms with Gasteiger partial charge in [-0.25, -0.2) is 4.98 Å². The number of hydrogen-bond donors (Lipinski definition) is 1. The quantitative estimate of drug-likeness (QED) is 0.621. The number of halogens is 1. The molecule has 3 aromatic rings. The highest BCUT2D eigenvalue weighted by atomic mass is 35.5. The number of rotatable bonds is 5. The topological polar surface area (TPSA) is 85.0 Å². The fraction of sp³-hybridized carbons (Fsp3) is 0.364. The number of nitrogens with zero attached hydrogens (tertiary/aromatic N) is 2. The van der Waals surface area contributed by atoms with Crippen molar-refractivity contribution in [3.05, 3.63) is 51.4 Å². The van der Waals surface area contributed by atoms with E-state index in [2.05, 4.69) is 9.88 Å². The summed E-state index contributed by atoms with van der Waals surface area (Å²) in [6.45, 7) is 0.793. The third kappa shape index (κ3) is 3.33. The molecule has 0 bridgehead atoms. The first kappa shape index (κ1) is 20.7. The van der Waals surface area contributed by atoms with E-state index in [1.165, 1.54) is 13.2 Å². The van der Waals surface area contributed by atoms with Crippen LogP contribution >= 0.6 is 11.6 Å². The predicted molar refractivity (Wildman–Crippen MR) is 115 cm³/mol. The third-order valence-corrected chi connectivity index (χ3v) is 6.11. The molecule has 1 aliphatic rings. The van der Waals surface area contributed by atoms with E-state index in [-0.39, 0.29) is 29.1 Å². The molecule has 30 heavy (non-hydrogen) atoms. The molecule has 2 aromatic heterocycles. The second kappa shape index (κ2) is 8.26. The summed E-state index contributed by atoms with van der Waals surface area (Å²) in [5, 5.41) is 10.6. The minimum absolute atomic E-state index is 0.0177. The van der Waals surface area contributed by atoms with E-state index in [9.17, 15) is 9.90 Å². The molecule has 1 saturated heterocycles. The van der Waals surface area contributed by atoms with Crippen molar-refractivity contribution in [3.63, 3.8) is 0 Å². The Morgan fingerprint density at radius 3 is 2.73 bits per heavy atom. The van der Waals surface area contributed by atoms with Crippen LogP contribution in [-0.2, 0) is 0 Å². The predicted octanol–water partition coefficient (Wildman–Crippen LogP) is 3.31. The van der Waals surface area contributed by atoms with Gasteiger partial charge in [-0.15, -0.1) is 0 Å². The summed E-state index contributed by atoms with van der Waals surface area (Å²) in [4.78, 5) is 19.3. The van der Waals surface area contributed by atoms with Gasteiger partial charge in [0.1, 0.15) is 33.4 Å². The molecule has 1 N–H and O–H groups in total. The summed E-state index contributed by atoms with van der Waals surface area (Å²) >= 11 is 6.25. The number of benzene rings is 1. The Hall–Kier alpha value is -2.61. The molecule has 0 unspecified atom stereocenters. The van der Waals surface area contributed by atoms with Gasteiger partial charge in [0.05, 0.1) is 26.4 Å². The van der Waals surface area contributed by atoms with E-state index in [1.54, 1.807) is 31.5 Å². The summed E-state index contributed by atoms with van der Waals surface area (Å²) in [7, 11) is 5.03. The van der Waals surface area contributed by atoms with E-state index in [4.69, 9.17) is 25.5 Å². The number of fused-ring (bicyclic) bond motifs is 1. The van der Waals surface area contributed by atoms with E-state index >= 15 is 0 Å². The Labute approximate surface area is 178 Å². The average Bonchev–Trinajstić information content (AvgIpc) is 3.12. The number of methoxy groups -OCH3 is 2. The molecule has 1 fully saturated rings. The van der Waals surface area contributed by atoms with E-state index in [1.807, 2.05) is 7.05 Å². The van der Waals surface area contributed by atoms with Crippen molar-refractivity contribution in [2.45, 2.75) is 18.4 Å². The zero-order valence-electron chi connectivity index (χ0n) is 17.0. The van der Waals surface area contributed by atoms with Gasteiger partial charge in [0, 0.05) is 35.9 Å². The fourth-order valence-corrected chi connectivity index (χ4v) is 4.50. The molecule has 8 heteroatoms. The van der Waals surface area contributed by atoms with Gasteiger partial charge in [-0.05, 0) is 32.1 Å². The maximum atomic E-state index is 13.1. The van der Waals surface area contributed by atoms with Gasteiger partial charge in [-0.2, -0.15) is 0 Å². The van der Waals surface area contributed by atoms with Crippen LogP contribution in [0, 0.1) is 0 Å². The molecule has 158 valence electrons. The monoisotopic (exact) mass is 430 g/mol. The first-order valence-corrected chi connectivity index (χ1v) is 10.0. The fourth-order valence-electron chi connectivity index (χ4n) is 4.29. The van der Waals surface area contributed by atoms with Crippen LogP contribution in [0.1, 0.15) is 17.9 Å². The van der Waals surface area contributed by atoms with Crippen LogP contribution in [0.4, 0.5) is 0 Å². The molecule has 0 aliphatic carbocycles. The van der Waals surface area contributed by atoms with Gasteiger partial charge in [0.15, 0.2) is 5.43 Å². The maximum Gasteiger partial charge on any atom is 0.197 e. The Morgan fingerprint density at radius 2 is 2.07 bits per heavy atom. The largest absolute Gasteiger partial charge is 0.496 e. The lowest BCUT2D eigenvalue weighted by atomic mass is 9.89. The van der Waals surface area contributed by atoms with Gasteiger partial charge < -0.3 is 23.9 Å². The van der Waals surface area contributed by atoms with Crippen LogP contribution in [0.25, 0.3) is 22.3 Å². The summed E-state index contributed by atoms with van der Waals surface area (Å²) in [5.74, 6) is 1.16. The Kier molecular flexibility index (Phi) is 5.69. The molecule has 1 aromatic carbocycles. The average molecular weight is 431 g/mol. The lowest BCUT2D eigenvalue weighted by Crippen LogP contribution is -2.32. The van der Waals surface area contributed by atoms with Crippen LogP contribution in [-0.4, -0.2) is 55.5 Å². The van der Waals surface area contributed by atoms with Gasteiger partial charge in [0.2, 0.25) is 0 Å². The molecule has 0 radical (unpaired) electrons. The smallest absolute Gasteiger partial charge is 0.197 e. The number of aliphatic hydroxyl groups excluding tert-OH is 1. The molecule has 2 atom stereocenters. The third-order valence-electron chi connectivity index (χ3n) is 5.81. The number of pyridine rings is 1. The second-order valence-corrected chi connectivity index (χ2v) is 7.70. The van der Waals surface area contributed by atoms with Gasteiger partial charge >= 0.3 is 0 Å². The van der Waals surface area contributed by atoms with Crippen LogP contribution < -0.4 is 14.9 Å². The highest BCUT2D eigenvalue weighted by Crippen LogP contribution is 2.45. The second-order valence-electron chi connectivity index (χ2n) is 7.34. The van der Waals surface area contributed by atoms with Crippen molar-refractivity contribution >= 4 is 22.6 Å². The lowest BCUT2D eigenvalue weighted by Gasteiger charge is -2.25. The molecule has 7 nitrogen and oxygen atoms in total. The van der Waals surface area contributed by atoms with Gasteiger partial charge in [0.25, 0.3) is 0 Å². The maximum absolute atomic E-state index is 13.1. The molecular weight excluding hydrogens is 408 g/mol. The van der Waals surface area contributed by atoms with Crippen molar-refractivity contribution in [2.24, 2.45) is 0 Å². The Morgan fingerprint density at radius 1 is 1.30 bits per heavy atom. The summed E-state index contributed by atoms with van der Waals surface area (Å²) < 4.78 is 17.4. The number of ether oxygens (including phenoxy) is 2. The number of hydrogen-bond acceptors (Lipinski definition) is 7. The molecule has 0 amide bonds. The van der Waals surface area contributed by atoms with Crippen LogP contribution in [0.3, 0.4) is 0 Å². The van der Waals surface area contributed by atoms with Crippen molar-refractivity contribution < 1.29 is 19.0 Å². The first-order chi connectivity index (χ1) is 14.5. The minimum Gasteiger partial charge on any atom is -0.496 e. The summed E-state index contributed by atoms with van der Waals surface area (Å²) in [6, 6.07) is 6.46. The van der Waals surface area contributed by atoms with Crippen LogP contribution in [0.2, 0.25) is 5.15 Å². The Balaban J connectivity index is 2.07. The van der Waals surface area contributed by atoms with Crippen molar-refractivity contribution in [2.75, 3.05) is 34.4 Å². The highest BCUT2D eigenvalue weighted by Gasteiger charge is 2.37. The number of aliphatic hydroxyl groups is 1. The number of likely N-dealkylation sites (N-methyl/N-ethyl adjacent to an activating group) is 1. The molecule has 4 rings (SSSR count). The SMILES string of the molecule is COc1cc(OC)c2c(=O)cc(-c3cccnc3Cl)oc2c1[C@@H]1CCN(C)[C@H]1CO. The molecule has 0 saturated carbocycles. The van der Waals surface area contributed by atoms with Gasteiger partial charge in [-0.3, -0.25) is 4.79 Å². The number of likely N-dealkylation sites (tertiary alicyclic amines) is 1. The minimum atomic E-state index is -0.251. The van der Waals surface area contributed by atoms with Crippen LogP contribution in [0.15, 0.2) is 39.7 Å². The van der Waals surface area contributed by atoms with E-state index in [0.717, 1.165) is 18.5 Å². The molecule has 3 heterocycles. The van der Waals surface area contributed by atoms with Crippen molar-refractivity contribution in [1.82, 2.24) is 9.88 Å². The van der Waals surface area contributed by atoms with E-state index in [0.29, 0.717) is 33.8 Å². The van der Waals surface area contributed by atoms with Crippen molar-refractivity contribution in [3.8, 4) is 22.8 Å². The van der Waals surface area contributed by atoms with E-state index < -0.39 is 0 Å². The molecular formula is C22H23ClN2O5. The van der Waals surface area contributed by atoms with Gasteiger partial charge in [-0.1, -0.05) is 11.6 Å². The first-order valence-electron chi connectivity index (χ1n) is 9.64. The summed E-state index contributed by atoms with van der Waals surface area (Å²) in [5.41, 5.74) is 1.40. The molecule has 1 aliphatic heterocycles. The standard InChI is InChI=1S/C22H23ClN2O5/c1-25-8-6-12(14(25)11-26)19-17(28-2)10-18(29-3)20-15(27)9-16(30-21(19)20)13-5-4-7-24-22(13)23/h4-5,7,9-10,12,14,26H,6,8,11H2,1-3H3/t12-,14+/m1/s1. The Bertz CT molecular complexity index is 1150. The number of aromatic nitrogens is 1. The summed E-state index contributed by atoms with van der Waals surface area (Å²) in [6.07, 6.45) is 2.36. The highest BCUT2D eigenvalue weighted by molar-refractivity contribution is 6.31.